The lowest BCUT2D eigenvalue weighted by Crippen LogP contribution is -2.15. The van der Waals surface area contributed by atoms with E-state index < -0.39 is 10.0 Å². The quantitative estimate of drug-likeness (QED) is 0.649. The molecule has 0 fully saturated rings. The van der Waals surface area contributed by atoms with Crippen LogP contribution in [0.1, 0.15) is 18.1 Å². The van der Waals surface area contributed by atoms with Gasteiger partial charge < -0.3 is 5.32 Å². The lowest BCUT2D eigenvalue weighted by Gasteiger charge is -2.13. The topological polar surface area (TPSA) is 71.1 Å². The molecule has 2 N–H and O–H groups in total. The number of benzene rings is 2. The molecule has 0 bridgehead atoms. The summed E-state index contributed by atoms with van der Waals surface area (Å²) in [5.41, 5.74) is 2.60. The maximum absolute atomic E-state index is 13.5. The maximum Gasteiger partial charge on any atom is 0.265 e. The summed E-state index contributed by atoms with van der Waals surface area (Å²) in [4.78, 5) is 4.14. The van der Waals surface area contributed by atoms with Crippen LogP contribution >= 0.6 is 0 Å². The highest BCUT2D eigenvalue weighted by Crippen LogP contribution is 2.25. The van der Waals surface area contributed by atoms with Crippen LogP contribution in [-0.4, -0.2) is 13.4 Å². The molecular weight excluding hydrogens is 365 g/mol. The Bertz CT molecular complexity index is 1050. The molecule has 7 heteroatoms. The van der Waals surface area contributed by atoms with E-state index in [4.69, 9.17) is 0 Å². The standard InChI is InChI=1S/C20H20FN3O2S/c1-3-15-6-8-16(9-7-15)24-27(25,26)19-5-4-12-22-20(19)23-17-10-11-18(21)14(2)13-17/h4-13,24H,3H2,1-2H3,(H,22,23). The van der Waals surface area contributed by atoms with Gasteiger partial charge in [0.1, 0.15) is 10.7 Å². The molecule has 0 amide bonds. The Morgan fingerprint density at radius 3 is 2.41 bits per heavy atom. The van der Waals surface area contributed by atoms with Gasteiger partial charge in [0, 0.05) is 17.6 Å². The molecule has 1 aromatic heterocycles. The zero-order valence-corrected chi connectivity index (χ0v) is 15.8. The van der Waals surface area contributed by atoms with Crippen LogP contribution in [0.3, 0.4) is 0 Å². The fourth-order valence-electron chi connectivity index (χ4n) is 2.58. The number of hydrogen-bond donors (Lipinski definition) is 2. The molecular formula is C20H20FN3O2S. The van der Waals surface area contributed by atoms with E-state index in [9.17, 15) is 12.8 Å². The van der Waals surface area contributed by atoms with Crippen molar-refractivity contribution in [2.75, 3.05) is 10.0 Å². The Kier molecular flexibility index (Phi) is 5.41. The van der Waals surface area contributed by atoms with E-state index >= 15 is 0 Å². The molecule has 5 nitrogen and oxygen atoms in total. The van der Waals surface area contributed by atoms with Gasteiger partial charge in [0.25, 0.3) is 10.0 Å². The Labute approximate surface area is 158 Å². The van der Waals surface area contributed by atoms with Gasteiger partial charge in [0.2, 0.25) is 0 Å². The molecule has 3 aromatic rings. The average Bonchev–Trinajstić information content (AvgIpc) is 2.65. The van der Waals surface area contributed by atoms with Crippen LogP contribution in [0.4, 0.5) is 21.6 Å². The second-order valence-electron chi connectivity index (χ2n) is 6.10. The molecule has 0 unspecified atom stereocenters. The SMILES string of the molecule is CCc1ccc(NS(=O)(=O)c2cccnc2Nc2ccc(F)c(C)c2)cc1. The first-order valence-corrected chi connectivity index (χ1v) is 9.97. The van der Waals surface area contributed by atoms with Crippen LogP contribution in [-0.2, 0) is 16.4 Å². The molecule has 27 heavy (non-hydrogen) atoms. The van der Waals surface area contributed by atoms with Gasteiger partial charge in [0.05, 0.1) is 0 Å². The van der Waals surface area contributed by atoms with Gasteiger partial charge in [-0.25, -0.2) is 17.8 Å². The highest BCUT2D eigenvalue weighted by atomic mass is 32.2. The number of aryl methyl sites for hydroxylation is 2. The van der Waals surface area contributed by atoms with Gasteiger partial charge in [-0.15, -0.1) is 0 Å². The zero-order valence-electron chi connectivity index (χ0n) is 15.0. The van der Waals surface area contributed by atoms with Crippen molar-refractivity contribution in [2.24, 2.45) is 0 Å². The van der Waals surface area contributed by atoms with Crippen LogP contribution < -0.4 is 10.0 Å². The van der Waals surface area contributed by atoms with E-state index in [2.05, 4.69) is 15.0 Å². The van der Waals surface area contributed by atoms with Gasteiger partial charge in [-0.05, 0) is 66.9 Å². The maximum atomic E-state index is 13.5. The minimum Gasteiger partial charge on any atom is -0.339 e. The molecule has 0 aliphatic carbocycles. The Balaban J connectivity index is 1.90. The number of sulfonamides is 1. The second-order valence-corrected chi connectivity index (χ2v) is 7.75. The number of aromatic nitrogens is 1. The predicted molar refractivity (Wildman–Crippen MR) is 105 cm³/mol. The summed E-state index contributed by atoms with van der Waals surface area (Å²) in [5.74, 6) is -0.159. The molecule has 0 spiro atoms. The molecule has 0 saturated carbocycles. The van der Waals surface area contributed by atoms with Gasteiger partial charge in [-0.1, -0.05) is 19.1 Å². The van der Waals surface area contributed by atoms with Crippen LogP contribution in [0.2, 0.25) is 0 Å². The Morgan fingerprint density at radius 2 is 1.74 bits per heavy atom. The van der Waals surface area contributed by atoms with E-state index in [1.165, 1.54) is 24.4 Å². The fraction of sp³-hybridized carbons (Fsp3) is 0.150. The largest absolute Gasteiger partial charge is 0.339 e. The lowest BCUT2D eigenvalue weighted by atomic mass is 10.2. The summed E-state index contributed by atoms with van der Waals surface area (Å²) in [5, 5.41) is 2.95. The van der Waals surface area contributed by atoms with Crippen molar-refractivity contribution >= 4 is 27.2 Å². The third-order valence-corrected chi connectivity index (χ3v) is 5.51. The van der Waals surface area contributed by atoms with E-state index in [-0.39, 0.29) is 16.5 Å². The molecule has 1 heterocycles. The Hall–Kier alpha value is -2.93. The van der Waals surface area contributed by atoms with E-state index in [0.717, 1.165) is 12.0 Å². The summed E-state index contributed by atoms with van der Waals surface area (Å²) in [6.07, 6.45) is 2.37. The molecule has 0 aliphatic heterocycles. The highest BCUT2D eigenvalue weighted by Gasteiger charge is 2.20. The van der Waals surface area contributed by atoms with Crippen molar-refractivity contribution in [3.8, 4) is 0 Å². The molecule has 140 valence electrons. The summed E-state index contributed by atoms with van der Waals surface area (Å²) >= 11 is 0. The minimum atomic E-state index is -3.85. The van der Waals surface area contributed by atoms with Crippen LogP contribution in [0.5, 0.6) is 0 Å². The number of nitrogens with one attached hydrogen (secondary N) is 2. The van der Waals surface area contributed by atoms with Crippen LogP contribution in [0.25, 0.3) is 0 Å². The number of hydrogen-bond acceptors (Lipinski definition) is 4. The predicted octanol–water partition coefficient (Wildman–Crippen LogP) is 4.64. The van der Waals surface area contributed by atoms with Gasteiger partial charge in [-0.3, -0.25) is 4.72 Å². The number of nitrogens with zero attached hydrogens (tertiary/aromatic N) is 1. The third kappa shape index (κ3) is 4.43. The van der Waals surface area contributed by atoms with Crippen molar-refractivity contribution < 1.29 is 12.8 Å². The molecule has 2 aromatic carbocycles. The summed E-state index contributed by atoms with van der Waals surface area (Å²) in [6.45, 7) is 3.67. The number of pyridine rings is 1. The Morgan fingerprint density at radius 1 is 1.04 bits per heavy atom. The smallest absolute Gasteiger partial charge is 0.265 e. The minimum absolute atomic E-state index is 0.00606. The first-order chi connectivity index (χ1) is 12.9. The first kappa shape index (κ1) is 18.8. The van der Waals surface area contributed by atoms with Gasteiger partial charge >= 0.3 is 0 Å². The monoisotopic (exact) mass is 385 g/mol. The van der Waals surface area contributed by atoms with E-state index in [1.807, 2.05) is 19.1 Å². The van der Waals surface area contributed by atoms with Gasteiger partial charge in [-0.2, -0.15) is 0 Å². The van der Waals surface area contributed by atoms with Crippen molar-refractivity contribution in [1.82, 2.24) is 4.98 Å². The first-order valence-electron chi connectivity index (χ1n) is 8.49. The van der Waals surface area contributed by atoms with Crippen molar-refractivity contribution in [3.05, 3.63) is 77.7 Å². The fourth-order valence-corrected chi connectivity index (χ4v) is 3.75. The number of rotatable bonds is 6. The third-order valence-electron chi connectivity index (χ3n) is 4.10. The van der Waals surface area contributed by atoms with Crippen molar-refractivity contribution in [2.45, 2.75) is 25.2 Å². The van der Waals surface area contributed by atoms with Crippen LogP contribution in [0, 0.1) is 12.7 Å². The van der Waals surface area contributed by atoms with Crippen molar-refractivity contribution in [1.29, 1.82) is 0 Å². The average molecular weight is 385 g/mol. The zero-order chi connectivity index (χ0) is 19.4. The second kappa shape index (κ2) is 7.75. The summed E-state index contributed by atoms with van der Waals surface area (Å²) in [6, 6.07) is 14.7. The number of anilines is 3. The highest BCUT2D eigenvalue weighted by molar-refractivity contribution is 7.92. The van der Waals surface area contributed by atoms with Crippen LogP contribution in [0.15, 0.2) is 65.7 Å². The molecule has 0 saturated heterocycles. The molecule has 0 aliphatic rings. The van der Waals surface area contributed by atoms with Gasteiger partial charge in [0.15, 0.2) is 5.82 Å². The molecule has 0 atom stereocenters. The van der Waals surface area contributed by atoms with Crippen molar-refractivity contribution in [3.63, 3.8) is 0 Å². The number of halogens is 1. The summed E-state index contributed by atoms with van der Waals surface area (Å²) in [7, 11) is -3.85. The summed E-state index contributed by atoms with van der Waals surface area (Å²) < 4.78 is 41.7. The lowest BCUT2D eigenvalue weighted by molar-refractivity contribution is 0.601. The van der Waals surface area contributed by atoms with E-state index in [1.54, 1.807) is 31.2 Å². The molecule has 3 rings (SSSR count). The normalized spacial score (nSPS) is 11.2. The molecule has 0 radical (unpaired) electrons. The van der Waals surface area contributed by atoms with E-state index in [0.29, 0.717) is 16.9 Å².